The summed E-state index contributed by atoms with van der Waals surface area (Å²) in [7, 11) is 0. The summed E-state index contributed by atoms with van der Waals surface area (Å²) >= 11 is 3.49. The van der Waals surface area contributed by atoms with Gasteiger partial charge in [-0.1, -0.05) is 11.2 Å². The summed E-state index contributed by atoms with van der Waals surface area (Å²) in [6, 6.07) is 5.92. The molecule has 1 unspecified atom stereocenters. The van der Waals surface area contributed by atoms with Crippen molar-refractivity contribution in [2.24, 2.45) is 5.73 Å². The average molecular weight is 352 g/mol. The van der Waals surface area contributed by atoms with Crippen LogP contribution in [0, 0.1) is 6.92 Å². The standard InChI is InChI=1S/C15H18BrN3O2/c1-9-4-5-12(11(16)8-9)20-10(2)13-18-14(19-21-13)15(17)6-3-7-15/h4-5,8,10H,3,6-7,17H2,1-2H3. The first kappa shape index (κ1) is 14.5. The molecular formula is C15H18BrN3O2. The Morgan fingerprint density at radius 3 is 2.81 bits per heavy atom. The van der Waals surface area contributed by atoms with Gasteiger partial charge in [-0.2, -0.15) is 4.98 Å². The quantitative estimate of drug-likeness (QED) is 0.910. The largest absolute Gasteiger partial charge is 0.480 e. The highest BCUT2D eigenvalue weighted by atomic mass is 79.9. The number of hydrogen-bond donors (Lipinski definition) is 1. The van der Waals surface area contributed by atoms with Gasteiger partial charge in [-0.05, 0) is 66.7 Å². The van der Waals surface area contributed by atoms with Crippen molar-refractivity contribution in [3.8, 4) is 5.75 Å². The summed E-state index contributed by atoms with van der Waals surface area (Å²) in [6.07, 6.45) is 2.60. The molecule has 0 saturated heterocycles. The fourth-order valence-electron chi connectivity index (χ4n) is 2.33. The van der Waals surface area contributed by atoms with Gasteiger partial charge in [-0.15, -0.1) is 0 Å². The zero-order valence-electron chi connectivity index (χ0n) is 12.1. The third-order valence-electron chi connectivity index (χ3n) is 3.87. The van der Waals surface area contributed by atoms with Crippen molar-refractivity contribution < 1.29 is 9.26 Å². The average Bonchev–Trinajstić information content (AvgIpc) is 2.89. The normalized spacial score (nSPS) is 18.1. The summed E-state index contributed by atoms with van der Waals surface area (Å²) in [5.41, 5.74) is 6.95. The molecule has 2 aromatic rings. The molecule has 1 aromatic carbocycles. The van der Waals surface area contributed by atoms with Crippen molar-refractivity contribution in [2.75, 3.05) is 0 Å². The second kappa shape index (κ2) is 5.42. The molecule has 0 bridgehead atoms. The van der Waals surface area contributed by atoms with E-state index in [0.29, 0.717) is 11.7 Å². The van der Waals surface area contributed by atoms with E-state index in [1.165, 1.54) is 0 Å². The number of nitrogens with zero attached hydrogens (tertiary/aromatic N) is 2. The van der Waals surface area contributed by atoms with Crippen LogP contribution < -0.4 is 10.5 Å². The number of nitrogens with two attached hydrogens (primary N) is 1. The van der Waals surface area contributed by atoms with Crippen LogP contribution in [-0.2, 0) is 5.54 Å². The molecule has 1 heterocycles. The minimum atomic E-state index is -0.411. The first-order chi connectivity index (χ1) is 9.98. The summed E-state index contributed by atoms with van der Waals surface area (Å²) in [6.45, 7) is 3.91. The summed E-state index contributed by atoms with van der Waals surface area (Å²) in [5, 5.41) is 4.01. The molecule has 0 radical (unpaired) electrons. The van der Waals surface area contributed by atoms with Crippen LogP contribution in [0.25, 0.3) is 0 Å². The molecule has 1 aliphatic rings. The van der Waals surface area contributed by atoms with Crippen LogP contribution in [0.15, 0.2) is 27.2 Å². The SMILES string of the molecule is Cc1ccc(OC(C)c2nc(C3(N)CCC3)no2)c(Br)c1. The first-order valence-corrected chi connectivity index (χ1v) is 7.83. The molecule has 1 aliphatic carbocycles. The predicted octanol–water partition coefficient (Wildman–Crippen LogP) is 3.62. The van der Waals surface area contributed by atoms with Crippen molar-refractivity contribution in [3.63, 3.8) is 0 Å². The molecule has 112 valence electrons. The fourth-order valence-corrected chi connectivity index (χ4v) is 2.91. The maximum absolute atomic E-state index is 6.20. The number of halogens is 1. The smallest absolute Gasteiger partial charge is 0.267 e. The van der Waals surface area contributed by atoms with Crippen molar-refractivity contribution >= 4 is 15.9 Å². The van der Waals surface area contributed by atoms with E-state index in [9.17, 15) is 0 Å². The summed E-state index contributed by atoms with van der Waals surface area (Å²) < 4.78 is 12.1. The summed E-state index contributed by atoms with van der Waals surface area (Å²) in [4.78, 5) is 4.40. The zero-order valence-corrected chi connectivity index (χ0v) is 13.7. The maximum Gasteiger partial charge on any atom is 0.267 e. The predicted molar refractivity (Wildman–Crippen MR) is 81.9 cm³/mol. The number of hydrogen-bond acceptors (Lipinski definition) is 5. The van der Waals surface area contributed by atoms with Crippen LogP contribution in [0.5, 0.6) is 5.75 Å². The van der Waals surface area contributed by atoms with Gasteiger partial charge in [0.25, 0.3) is 5.89 Å². The van der Waals surface area contributed by atoms with Crippen LogP contribution >= 0.6 is 15.9 Å². The molecule has 6 heteroatoms. The van der Waals surface area contributed by atoms with Crippen molar-refractivity contribution in [3.05, 3.63) is 40.0 Å². The molecule has 21 heavy (non-hydrogen) atoms. The van der Waals surface area contributed by atoms with Crippen LogP contribution in [0.2, 0.25) is 0 Å². The third kappa shape index (κ3) is 2.82. The van der Waals surface area contributed by atoms with E-state index in [4.69, 9.17) is 15.0 Å². The van der Waals surface area contributed by atoms with E-state index in [1.807, 2.05) is 32.0 Å². The van der Waals surface area contributed by atoms with Crippen molar-refractivity contribution in [1.29, 1.82) is 0 Å². The Bertz CT molecular complexity index is 652. The van der Waals surface area contributed by atoms with E-state index in [2.05, 4.69) is 26.1 Å². The first-order valence-electron chi connectivity index (χ1n) is 7.04. The molecule has 1 fully saturated rings. The van der Waals surface area contributed by atoms with Crippen LogP contribution in [0.4, 0.5) is 0 Å². The van der Waals surface area contributed by atoms with Gasteiger partial charge in [-0.25, -0.2) is 0 Å². The van der Waals surface area contributed by atoms with Gasteiger partial charge in [-0.3, -0.25) is 0 Å². The minimum absolute atomic E-state index is 0.325. The van der Waals surface area contributed by atoms with Gasteiger partial charge in [0.15, 0.2) is 11.9 Å². The molecular weight excluding hydrogens is 334 g/mol. The molecule has 3 rings (SSSR count). The van der Waals surface area contributed by atoms with Gasteiger partial charge >= 0.3 is 0 Å². The topological polar surface area (TPSA) is 74.2 Å². The molecule has 5 nitrogen and oxygen atoms in total. The number of ether oxygens (including phenoxy) is 1. The Balaban J connectivity index is 1.74. The third-order valence-corrected chi connectivity index (χ3v) is 4.49. The lowest BCUT2D eigenvalue weighted by Crippen LogP contribution is -2.44. The highest BCUT2D eigenvalue weighted by Gasteiger charge is 2.39. The van der Waals surface area contributed by atoms with Crippen LogP contribution in [0.1, 0.15) is 49.6 Å². The van der Waals surface area contributed by atoms with Gasteiger partial charge in [0.1, 0.15) is 5.75 Å². The maximum atomic E-state index is 6.20. The van der Waals surface area contributed by atoms with E-state index in [0.717, 1.165) is 35.0 Å². The molecule has 0 amide bonds. The molecule has 1 aromatic heterocycles. The molecule has 2 N–H and O–H groups in total. The second-order valence-electron chi connectivity index (χ2n) is 5.66. The van der Waals surface area contributed by atoms with Crippen LogP contribution in [0.3, 0.4) is 0 Å². The number of rotatable bonds is 4. The lowest BCUT2D eigenvalue weighted by molar-refractivity contribution is 0.173. The van der Waals surface area contributed by atoms with Gasteiger partial charge in [0.05, 0.1) is 10.0 Å². The zero-order chi connectivity index (χ0) is 15.0. The van der Waals surface area contributed by atoms with E-state index in [-0.39, 0.29) is 6.10 Å². The fraction of sp³-hybridized carbons (Fsp3) is 0.467. The van der Waals surface area contributed by atoms with Crippen molar-refractivity contribution in [2.45, 2.75) is 44.8 Å². The highest BCUT2D eigenvalue weighted by molar-refractivity contribution is 9.10. The molecule has 1 saturated carbocycles. The lowest BCUT2D eigenvalue weighted by Gasteiger charge is -2.34. The van der Waals surface area contributed by atoms with E-state index < -0.39 is 5.54 Å². The number of aryl methyl sites for hydroxylation is 1. The van der Waals surface area contributed by atoms with Gasteiger partial charge in [0.2, 0.25) is 0 Å². The minimum Gasteiger partial charge on any atom is -0.480 e. The summed E-state index contributed by atoms with van der Waals surface area (Å²) in [5.74, 6) is 1.79. The monoisotopic (exact) mass is 351 g/mol. The van der Waals surface area contributed by atoms with Crippen molar-refractivity contribution in [1.82, 2.24) is 10.1 Å². The molecule has 0 aliphatic heterocycles. The Kier molecular flexibility index (Phi) is 3.75. The van der Waals surface area contributed by atoms with Gasteiger partial charge in [0, 0.05) is 0 Å². The Morgan fingerprint density at radius 1 is 1.43 bits per heavy atom. The Morgan fingerprint density at radius 2 is 2.19 bits per heavy atom. The van der Waals surface area contributed by atoms with Gasteiger partial charge < -0.3 is 15.0 Å². The van der Waals surface area contributed by atoms with E-state index in [1.54, 1.807) is 0 Å². The second-order valence-corrected chi connectivity index (χ2v) is 6.51. The molecule has 1 atom stereocenters. The van der Waals surface area contributed by atoms with Crippen LogP contribution in [-0.4, -0.2) is 10.1 Å². The molecule has 0 spiro atoms. The number of benzene rings is 1. The lowest BCUT2D eigenvalue weighted by atomic mass is 9.77. The number of aromatic nitrogens is 2. The van der Waals surface area contributed by atoms with E-state index >= 15 is 0 Å². The Labute approximate surface area is 132 Å². The highest BCUT2D eigenvalue weighted by Crippen LogP contribution is 2.37. The Hall–Kier alpha value is -1.40.